The molecule has 0 aliphatic rings. The Morgan fingerprint density at radius 3 is 1.69 bits per heavy atom. The summed E-state index contributed by atoms with van der Waals surface area (Å²) in [5.74, 6) is 1.09. The number of anilines is 3. The molecule has 0 fully saturated rings. The van der Waals surface area contributed by atoms with Crippen LogP contribution in [0.3, 0.4) is 0 Å². The molecular weight excluding hydrogens is 635 g/mol. The second-order valence-corrected chi connectivity index (χ2v) is 15.4. The molecule has 0 aliphatic carbocycles. The van der Waals surface area contributed by atoms with E-state index < -0.39 is 0 Å². The lowest BCUT2D eigenvalue weighted by molar-refractivity contribution is 0.446. The molecule has 0 spiro atoms. The molecule has 0 radical (unpaired) electrons. The van der Waals surface area contributed by atoms with Crippen molar-refractivity contribution in [2.75, 3.05) is 4.90 Å². The molecule has 4 nitrogen and oxygen atoms in total. The summed E-state index contributed by atoms with van der Waals surface area (Å²) in [6.07, 6.45) is 1.83. The van der Waals surface area contributed by atoms with Crippen molar-refractivity contribution in [3.8, 4) is 50.5 Å². The highest BCUT2D eigenvalue weighted by atomic mass is 16.3. The van der Waals surface area contributed by atoms with Gasteiger partial charge in [0.25, 0.3) is 0 Å². The monoisotopic (exact) mass is 679 g/mol. The number of rotatable bonds is 7. The molecule has 4 heteroatoms. The Hall–Kier alpha value is -6.00. The Morgan fingerprint density at radius 1 is 0.481 bits per heavy atom. The third kappa shape index (κ3) is 7.24. The van der Waals surface area contributed by atoms with E-state index in [1.54, 1.807) is 0 Å². The third-order valence-electron chi connectivity index (χ3n) is 9.50. The van der Waals surface area contributed by atoms with Crippen molar-refractivity contribution in [2.45, 2.75) is 52.4 Å². The van der Waals surface area contributed by atoms with E-state index in [0.29, 0.717) is 0 Å². The van der Waals surface area contributed by atoms with Crippen LogP contribution in [0.5, 0.6) is 5.75 Å². The zero-order valence-corrected chi connectivity index (χ0v) is 30.8. The fourth-order valence-electron chi connectivity index (χ4n) is 6.59. The summed E-state index contributed by atoms with van der Waals surface area (Å²) >= 11 is 0. The Labute approximate surface area is 308 Å². The van der Waals surface area contributed by atoms with E-state index in [2.05, 4.69) is 168 Å². The minimum atomic E-state index is -0.261. The van der Waals surface area contributed by atoms with Crippen LogP contribution >= 0.6 is 0 Å². The first kappa shape index (κ1) is 34.4. The van der Waals surface area contributed by atoms with Crippen molar-refractivity contribution in [2.24, 2.45) is 0 Å². The van der Waals surface area contributed by atoms with Gasteiger partial charge in [-0.15, -0.1) is 0 Å². The summed E-state index contributed by atoms with van der Waals surface area (Å²) in [7, 11) is 0. The van der Waals surface area contributed by atoms with Crippen LogP contribution in [0.15, 0.2) is 158 Å². The van der Waals surface area contributed by atoms with Crippen molar-refractivity contribution in [3.05, 3.63) is 169 Å². The average Bonchev–Trinajstić information content (AvgIpc) is 3.15. The van der Waals surface area contributed by atoms with Gasteiger partial charge in [-0.2, -0.15) is 0 Å². The maximum absolute atomic E-state index is 11.9. The highest BCUT2D eigenvalue weighted by Crippen LogP contribution is 2.43. The summed E-state index contributed by atoms with van der Waals surface area (Å²) in [5.41, 5.74) is 11.3. The van der Waals surface area contributed by atoms with Gasteiger partial charge >= 0.3 is 0 Å². The molecule has 2 aromatic heterocycles. The molecule has 7 rings (SSSR count). The van der Waals surface area contributed by atoms with Crippen LogP contribution < -0.4 is 4.90 Å². The molecule has 258 valence electrons. The van der Waals surface area contributed by atoms with Crippen molar-refractivity contribution in [1.82, 2.24) is 9.97 Å². The fraction of sp³-hybridized carbons (Fsp3) is 0.167. The van der Waals surface area contributed by atoms with Crippen LogP contribution in [0.1, 0.15) is 52.7 Å². The quantitative estimate of drug-likeness (QED) is 0.182. The van der Waals surface area contributed by atoms with Crippen LogP contribution in [-0.2, 0) is 10.8 Å². The van der Waals surface area contributed by atoms with Crippen molar-refractivity contribution >= 4 is 17.2 Å². The van der Waals surface area contributed by atoms with Crippen LogP contribution in [-0.4, -0.2) is 15.1 Å². The zero-order chi connectivity index (χ0) is 36.5. The first-order chi connectivity index (χ1) is 25.0. The van der Waals surface area contributed by atoms with Crippen molar-refractivity contribution in [1.29, 1.82) is 0 Å². The molecule has 0 saturated carbocycles. The van der Waals surface area contributed by atoms with Gasteiger partial charge in [0.1, 0.15) is 11.6 Å². The Kier molecular flexibility index (Phi) is 9.25. The Balaban J connectivity index is 1.39. The number of aromatic nitrogens is 2. The van der Waals surface area contributed by atoms with Crippen LogP contribution in [0.25, 0.3) is 44.8 Å². The predicted molar refractivity (Wildman–Crippen MR) is 218 cm³/mol. The molecule has 0 amide bonds. The van der Waals surface area contributed by atoms with Gasteiger partial charge in [-0.3, -0.25) is 4.90 Å². The summed E-state index contributed by atoms with van der Waals surface area (Å²) < 4.78 is 0. The number of hydrogen-bond donors (Lipinski definition) is 1. The van der Waals surface area contributed by atoms with Gasteiger partial charge in [-0.25, -0.2) is 9.97 Å². The molecule has 0 atom stereocenters. The number of phenols is 1. The normalized spacial score (nSPS) is 11.7. The van der Waals surface area contributed by atoms with Gasteiger partial charge < -0.3 is 5.11 Å². The van der Waals surface area contributed by atoms with E-state index in [-0.39, 0.29) is 16.6 Å². The molecule has 2 heterocycles. The largest absolute Gasteiger partial charge is 0.507 e. The van der Waals surface area contributed by atoms with Crippen LogP contribution in [0.4, 0.5) is 17.2 Å². The SMILES string of the molecule is CC(C)(C)c1cc(-c2cc(-c3ccccc3)cc(-c3cccc(N(c4ccc(-c5ccccc5)cc4)c4ccccn4)c3)n2)c(O)c(C(C)(C)C)c1. The maximum Gasteiger partial charge on any atom is 0.137 e. The Bertz CT molecular complexity index is 2300. The van der Waals surface area contributed by atoms with E-state index in [9.17, 15) is 5.11 Å². The average molecular weight is 680 g/mol. The smallest absolute Gasteiger partial charge is 0.137 e. The number of nitrogens with zero attached hydrogens (tertiary/aromatic N) is 3. The second-order valence-electron chi connectivity index (χ2n) is 15.4. The minimum absolute atomic E-state index is 0.120. The number of benzene rings is 5. The fourth-order valence-corrected chi connectivity index (χ4v) is 6.59. The standard InChI is InChI=1S/C48H45N3O/c1-47(2,3)38-31-41(46(52)42(32-38)48(4,5)6)44-30-37(34-18-11-8-12-19-34)29-43(50-44)36-20-15-21-40(28-36)51(45-22-13-14-27-49-45)39-25-23-35(24-26-39)33-16-9-7-10-17-33/h7-32,52H,1-6H3. The molecule has 52 heavy (non-hydrogen) atoms. The molecule has 7 aromatic rings. The van der Waals surface area contributed by atoms with Gasteiger partial charge in [0.15, 0.2) is 0 Å². The van der Waals surface area contributed by atoms with Crippen LogP contribution in [0, 0.1) is 0 Å². The van der Waals surface area contributed by atoms with E-state index in [0.717, 1.165) is 67.5 Å². The lowest BCUT2D eigenvalue weighted by Gasteiger charge is -2.27. The van der Waals surface area contributed by atoms with Gasteiger partial charge in [0, 0.05) is 34.3 Å². The van der Waals surface area contributed by atoms with E-state index >= 15 is 0 Å². The van der Waals surface area contributed by atoms with E-state index in [4.69, 9.17) is 9.97 Å². The lowest BCUT2D eigenvalue weighted by Crippen LogP contribution is -2.17. The van der Waals surface area contributed by atoms with Crippen molar-refractivity contribution < 1.29 is 5.11 Å². The summed E-state index contributed by atoms with van der Waals surface area (Å²) in [6.45, 7) is 13.1. The molecule has 0 aliphatic heterocycles. The lowest BCUT2D eigenvalue weighted by atomic mass is 9.78. The molecular formula is C48H45N3O. The second kappa shape index (κ2) is 14.0. The molecule has 0 unspecified atom stereocenters. The van der Waals surface area contributed by atoms with Gasteiger partial charge in [0.05, 0.1) is 11.4 Å². The molecule has 0 bridgehead atoms. The minimum Gasteiger partial charge on any atom is -0.507 e. The summed E-state index contributed by atoms with van der Waals surface area (Å²) in [6, 6.07) is 52.4. The molecule has 0 saturated heterocycles. The number of phenolic OH excluding ortho intramolecular Hbond substituents is 1. The maximum atomic E-state index is 11.9. The highest BCUT2D eigenvalue weighted by molar-refractivity contribution is 5.83. The Morgan fingerprint density at radius 2 is 1.08 bits per heavy atom. The number of hydrogen-bond acceptors (Lipinski definition) is 4. The van der Waals surface area contributed by atoms with Crippen LogP contribution in [0.2, 0.25) is 0 Å². The van der Waals surface area contributed by atoms with Gasteiger partial charge in [0.2, 0.25) is 0 Å². The number of aromatic hydroxyl groups is 1. The summed E-state index contributed by atoms with van der Waals surface area (Å²) in [5, 5.41) is 11.9. The molecule has 1 N–H and O–H groups in total. The van der Waals surface area contributed by atoms with E-state index in [1.807, 2.05) is 36.5 Å². The number of pyridine rings is 2. The highest BCUT2D eigenvalue weighted by Gasteiger charge is 2.26. The van der Waals surface area contributed by atoms with Crippen molar-refractivity contribution in [3.63, 3.8) is 0 Å². The topological polar surface area (TPSA) is 49.2 Å². The predicted octanol–water partition coefficient (Wildman–Crippen LogP) is 12.9. The molecule has 5 aromatic carbocycles. The first-order valence-electron chi connectivity index (χ1n) is 17.9. The zero-order valence-electron chi connectivity index (χ0n) is 30.8. The first-order valence-corrected chi connectivity index (χ1v) is 17.9. The van der Waals surface area contributed by atoms with E-state index in [1.165, 1.54) is 5.56 Å². The summed E-state index contributed by atoms with van der Waals surface area (Å²) in [4.78, 5) is 12.2. The van der Waals surface area contributed by atoms with Gasteiger partial charge in [-0.05, 0) is 93.2 Å². The third-order valence-corrected chi connectivity index (χ3v) is 9.50. The van der Waals surface area contributed by atoms with Gasteiger partial charge in [-0.1, -0.05) is 139 Å².